The molecule has 2 heterocycles. The Bertz CT molecular complexity index is 466. The van der Waals surface area contributed by atoms with Crippen molar-refractivity contribution in [2.24, 2.45) is 0 Å². The highest BCUT2D eigenvalue weighted by Gasteiger charge is 2.26. The molecule has 0 aromatic heterocycles. The maximum Gasteiger partial charge on any atom is 0.122 e. The van der Waals surface area contributed by atoms with Gasteiger partial charge in [-0.1, -0.05) is 12.1 Å². The molecule has 3 rings (SSSR count). The van der Waals surface area contributed by atoms with Crippen LogP contribution in [-0.4, -0.2) is 53.9 Å². The van der Waals surface area contributed by atoms with Crippen molar-refractivity contribution in [3.63, 3.8) is 0 Å². The molecule has 0 bridgehead atoms. The van der Waals surface area contributed by atoms with E-state index in [0.717, 1.165) is 43.9 Å². The van der Waals surface area contributed by atoms with E-state index in [-0.39, 0.29) is 6.10 Å². The molecular weight excluding hydrogens is 270 g/mol. The Balaban J connectivity index is 1.56. The monoisotopic (exact) mass is 293 g/mol. The van der Waals surface area contributed by atoms with Gasteiger partial charge in [-0.2, -0.15) is 11.8 Å². The second-order valence-electron chi connectivity index (χ2n) is 5.77. The number of hydrogen-bond acceptors (Lipinski definition) is 4. The molecule has 2 aliphatic heterocycles. The minimum Gasteiger partial charge on any atom is -0.493 e. The van der Waals surface area contributed by atoms with E-state index in [1.807, 2.05) is 11.8 Å². The highest BCUT2D eigenvalue weighted by atomic mass is 32.2. The number of aliphatic hydroxyl groups excluding tert-OH is 1. The maximum absolute atomic E-state index is 10.4. The molecule has 110 valence electrons. The lowest BCUT2D eigenvalue weighted by atomic mass is 10.00. The minimum atomic E-state index is -0.225. The first-order valence-electron chi connectivity index (χ1n) is 7.44. The van der Waals surface area contributed by atoms with Crippen LogP contribution in [0.5, 0.6) is 5.75 Å². The van der Waals surface area contributed by atoms with Gasteiger partial charge in [0.15, 0.2) is 0 Å². The Morgan fingerprint density at radius 2 is 2.40 bits per heavy atom. The molecule has 0 radical (unpaired) electrons. The van der Waals surface area contributed by atoms with Gasteiger partial charge in [0.25, 0.3) is 0 Å². The summed E-state index contributed by atoms with van der Waals surface area (Å²) in [7, 11) is 2.13. The molecule has 0 amide bonds. The number of thioether (sulfide) groups is 1. The van der Waals surface area contributed by atoms with Crippen molar-refractivity contribution in [1.82, 2.24) is 4.90 Å². The second kappa shape index (κ2) is 6.37. The Hall–Kier alpha value is -0.710. The van der Waals surface area contributed by atoms with Crippen LogP contribution in [0.3, 0.4) is 0 Å². The molecule has 2 unspecified atom stereocenters. The van der Waals surface area contributed by atoms with Crippen molar-refractivity contribution in [3.05, 3.63) is 29.3 Å². The van der Waals surface area contributed by atoms with E-state index in [0.29, 0.717) is 6.04 Å². The molecule has 0 saturated carbocycles. The number of hydrogen-bond donors (Lipinski definition) is 1. The van der Waals surface area contributed by atoms with Crippen LogP contribution in [0.4, 0.5) is 0 Å². The van der Waals surface area contributed by atoms with Gasteiger partial charge in [0.05, 0.1) is 12.7 Å². The maximum atomic E-state index is 10.4. The highest BCUT2D eigenvalue weighted by molar-refractivity contribution is 7.99. The molecule has 1 aromatic carbocycles. The zero-order valence-electron chi connectivity index (χ0n) is 12.0. The first-order valence-corrected chi connectivity index (χ1v) is 8.60. The molecular formula is C16H23NO2S. The smallest absolute Gasteiger partial charge is 0.122 e. The van der Waals surface area contributed by atoms with Crippen LogP contribution in [0.15, 0.2) is 18.2 Å². The van der Waals surface area contributed by atoms with E-state index in [9.17, 15) is 5.11 Å². The molecule has 20 heavy (non-hydrogen) atoms. The van der Waals surface area contributed by atoms with Crippen LogP contribution in [0.2, 0.25) is 0 Å². The van der Waals surface area contributed by atoms with Gasteiger partial charge < -0.3 is 9.84 Å². The third-order valence-electron chi connectivity index (χ3n) is 4.37. The number of likely N-dealkylation sites (N-methyl/N-ethyl adjacent to an activating group) is 1. The van der Waals surface area contributed by atoms with Gasteiger partial charge in [-0.15, -0.1) is 0 Å². The van der Waals surface area contributed by atoms with Crippen molar-refractivity contribution < 1.29 is 9.84 Å². The van der Waals surface area contributed by atoms with Crippen LogP contribution in [0, 0.1) is 0 Å². The predicted molar refractivity (Wildman–Crippen MR) is 83.7 cm³/mol. The lowest BCUT2D eigenvalue weighted by Crippen LogP contribution is -2.47. The summed E-state index contributed by atoms with van der Waals surface area (Å²) < 4.78 is 5.53. The van der Waals surface area contributed by atoms with Gasteiger partial charge in [0.1, 0.15) is 5.75 Å². The zero-order chi connectivity index (χ0) is 13.9. The number of rotatable bonds is 4. The average molecular weight is 293 g/mol. The van der Waals surface area contributed by atoms with Crippen LogP contribution >= 0.6 is 11.8 Å². The molecule has 3 nitrogen and oxygen atoms in total. The largest absolute Gasteiger partial charge is 0.493 e. The van der Waals surface area contributed by atoms with Gasteiger partial charge in [0, 0.05) is 30.5 Å². The fraction of sp³-hybridized carbons (Fsp3) is 0.625. The second-order valence-corrected chi connectivity index (χ2v) is 6.92. The summed E-state index contributed by atoms with van der Waals surface area (Å²) in [6.07, 6.45) is 2.59. The van der Waals surface area contributed by atoms with E-state index < -0.39 is 0 Å². The molecule has 1 aromatic rings. The molecule has 0 aliphatic carbocycles. The molecule has 1 fully saturated rings. The van der Waals surface area contributed by atoms with Gasteiger partial charge in [-0.25, -0.2) is 0 Å². The number of ether oxygens (including phenoxy) is 1. The van der Waals surface area contributed by atoms with Crippen LogP contribution in [-0.2, 0) is 12.8 Å². The molecule has 1 N–H and O–H groups in total. The molecule has 4 heteroatoms. The Morgan fingerprint density at radius 3 is 3.25 bits per heavy atom. The molecule has 1 saturated heterocycles. The number of aryl methyl sites for hydroxylation is 1. The van der Waals surface area contributed by atoms with Crippen molar-refractivity contribution in [1.29, 1.82) is 0 Å². The summed E-state index contributed by atoms with van der Waals surface area (Å²) in [4.78, 5) is 2.30. The summed E-state index contributed by atoms with van der Waals surface area (Å²) in [5.41, 5.74) is 2.64. The Kier molecular flexibility index (Phi) is 4.54. The van der Waals surface area contributed by atoms with Crippen LogP contribution in [0.25, 0.3) is 0 Å². The zero-order valence-corrected chi connectivity index (χ0v) is 12.9. The topological polar surface area (TPSA) is 32.7 Å². The molecule has 2 aliphatic rings. The van der Waals surface area contributed by atoms with Crippen molar-refractivity contribution in [2.75, 3.05) is 31.7 Å². The quantitative estimate of drug-likeness (QED) is 0.920. The molecule has 2 atom stereocenters. The van der Waals surface area contributed by atoms with E-state index in [2.05, 4.69) is 30.1 Å². The summed E-state index contributed by atoms with van der Waals surface area (Å²) >= 11 is 1.95. The fourth-order valence-corrected chi connectivity index (χ4v) is 4.31. The van der Waals surface area contributed by atoms with E-state index in [4.69, 9.17) is 4.74 Å². The SMILES string of the molecule is CN1CCSCC1C(O)CCc1ccc2c(c1)CCO2. The van der Waals surface area contributed by atoms with E-state index in [1.54, 1.807) is 0 Å². The fourth-order valence-electron chi connectivity index (χ4n) is 3.01. The van der Waals surface area contributed by atoms with Gasteiger partial charge >= 0.3 is 0 Å². The van der Waals surface area contributed by atoms with Gasteiger partial charge in [0.2, 0.25) is 0 Å². The Morgan fingerprint density at radius 1 is 1.50 bits per heavy atom. The minimum absolute atomic E-state index is 0.225. The van der Waals surface area contributed by atoms with Crippen molar-refractivity contribution >= 4 is 11.8 Å². The van der Waals surface area contributed by atoms with Crippen molar-refractivity contribution in [2.45, 2.75) is 31.4 Å². The van der Waals surface area contributed by atoms with Gasteiger partial charge in [-0.3, -0.25) is 4.90 Å². The summed E-state index contributed by atoms with van der Waals surface area (Å²) in [5.74, 6) is 3.28. The average Bonchev–Trinajstić information content (AvgIpc) is 2.92. The number of aliphatic hydroxyl groups is 1. The third-order valence-corrected chi connectivity index (χ3v) is 5.42. The summed E-state index contributed by atoms with van der Waals surface area (Å²) in [6.45, 7) is 1.90. The first kappa shape index (κ1) is 14.2. The van der Waals surface area contributed by atoms with E-state index >= 15 is 0 Å². The summed E-state index contributed by atoms with van der Waals surface area (Å²) in [6, 6.07) is 6.77. The van der Waals surface area contributed by atoms with Crippen molar-refractivity contribution in [3.8, 4) is 5.75 Å². The summed E-state index contributed by atoms with van der Waals surface area (Å²) in [5, 5.41) is 10.4. The number of benzene rings is 1. The van der Waals surface area contributed by atoms with Gasteiger partial charge in [-0.05, 0) is 37.1 Å². The number of nitrogens with zero attached hydrogens (tertiary/aromatic N) is 1. The predicted octanol–water partition coefficient (Wildman–Crippen LogP) is 1.96. The van der Waals surface area contributed by atoms with E-state index in [1.165, 1.54) is 16.9 Å². The third kappa shape index (κ3) is 3.13. The lowest BCUT2D eigenvalue weighted by Gasteiger charge is -2.35. The van der Waals surface area contributed by atoms with Crippen LogP contribution < -0.4 is 4.74 Å². The normalized spacial score (nSPS) is 24.2. The standard InChI is InChI=1S/C16H23NO2S/c1-17-7-9-20-11-14(17)15(18)4-2-12-3-5-16-13(10-12)6-8-19-16/h3,5,10,14-15,18H,2,4,6-9,11H2,1H3. The lowest BCUT2D eigenvalue weighted by molar-refractivity contribution is 0.0697. The number of fused-ring (bicyclic) bond motifs is 1. The highest BCUT2D eigenvalue weighted by Crippen LogP contribution is 2.27. The van der Waals surface area contributed by atoms with Crippen LogP contribution in [0.1, 0.15) is 17.5 Å². The molecule has 0 spiro atoms. The first-order chi connectivity index (χ1) is 9.74. The Labute approximate surface area is 125 Å².